The van der Waals surface area contributed by atoms with Crippen molar-refractivity contribution in [1.82, 2.24) is 5.01 Å². The van der Waals surface area contributed by atoms with Gasteiger partial charge in [0.15, 0.2) is 0 Å². The van der Waals surface area contributed by atoms with Gasteiger partial charge in [-0.05, 0) is 50.5 Å². The highest BCUT2D eigenvalue weighted by atomic mass is 31.2. The second-order valence-corrected chi connectivity index (χ2v) is 12.1. The van der Waals surface area contributed by atoms with Crippen LogP contribution in [0.1, 0.15) is 27.7 Å². The van der Waals surface area contributed by atoms with Gasteiger partial charge in [0.05, 0.1) is 11.0 Å². The van der Waals surface area contributed by atoms with E-state index in [1.54, 1.807) is 27.7 Å². The number of hydrogen-bond donors (Lipinski definition) is 0. The summed E-state index contributed by atoms with van der Waals surface area (Å²) in [6.45, 7) is 4.44. The number of ether oxygens (including phenoxy) is 1. The molecule has 0 saturated carbocycles. The summed E-state index contributed by atoms with van der Waals surface area (Å²) in [6.07, 6.45) is -0.769. The van der Waals surface area contributed by atoms with Crippen LogP contribution in [0.4, 0.5) is 4.79 Å². The van der Waals surface area contributed by atoms with Crippen molar-refractivity contribution in [2.24, 2.45) is 5.10 Å². The number of benzene rings is 3. The first-order valence-electron chi connectivity index (χ1n) is 10.8. The zero-order valence-corrected chi connectivity index (χ0v) is 20.1. The predicted octanol–water partition coefficient (Wildman–Crippen LogP) is 4.31. The molecular formula is C27H27N2O3P. The van der Waals surface area contributed by atoms with Crippen LogP contribution in [0.5, 0.6) is 0 Å². The van der Waals surface area contributed by atoms with Gasteiger partial charge >= 0.3 is 6.09 Å². The van der Waals surface area contributed by atoms with Crippen molar-refractivity contribution < 1.29 is 14.3 Å². The Balaban J connectivity index is 2.09. The summed E-state index contributed by atoms with van der Waals surface area (Å²) in [5, 5.41) is 8.87. The molecule has 3 aromatic rings. The van der Waals surface area contributed by atoms with Gasteiger partial charge in [-0.2, -0.15) is 5.10 Å². The zero-order chi connectivity index (χ0) is 23.6. The second-order valence-electron chi connectivity index (χ2n) is 8.81. The Labute approximate surface area is 194 Å². The van der Waals surface area contributed by atoms with E-state index in [1.807, 2.05) is 54.6 Å². The number of nitrogens with zero attached hydrogens (tertiary/aromatic N) is 2. The Bertz CT molecular complexity index is 1160. The lowest BCUT2D eigenvalue weighted by Gasteiger charge is -2.31. The van der Waals surface area contributed by atoms with E-state index in [9.17, 15) is 9.59 Å². The van der Waals surface area contributed by atoms with Crippen LogP contribution >= 0.6 is 6.89 Å². The SMILES string of the molecule is CC1=NN(C(=O)OC(C)(C)C)C(=O)C1=P(c1ccccc1)(c1ccccc1)c1ccccc1. The first kappa shape index (κ1) is 22.8. The maximum Gasteiger partial charge on any atom is 0.438 e. The van der Waals surface area contributed by atoms with Crippen LogP contribution in [0.25, 0.3) is 0 Å². The molecule has 0 aliphatic carbocycles. The van der Waals surface area contributed by atoms with Crippen LogP contribution in [-0.4, -0.2) is 33.6 Å². The summed E-state index contributed by atoms with van der Waals surface area (Å²) in [7, 11) is 0. The first-order valence-corrected chi connectivity index (χ1v) is 12.6. The van der Waals surface area contributed by atoms with Gasteiger partial charge in [0.1, 0.15) is 5.60 Å². The van der Waals surface area contributed by atoms with Crippen LogP contribution in [0, 0.1) is 0 Å². The highest BCUT2D eigenvalue weighted by Gasteiger charge is 2.43. The van der Waals surface area contributed by atoms with Crippen molar-refractivity contribution in [2.75, 3.05) is 0 Å². The highest BCUT2D eigenvalue weighted by Crippen LogP contribution is 2.47. The smallest absolute Gasteiger partial charge is 0.438 e. The van der Waals surface area contributed by atoms with Gasteiger partial charge in [-0.3, -0.25) is 4.79 Å². The van der Waals surface area contributed by atoms with E-state index in [4.69, 9.17) is 4.74 Å². The van der Waals surface area contributed by atoms with Gasteiger partial charge in [0.2, 0.25) is 0 Å². The van der Waals surface area contributed by atoms with Crippen molar-refractivity contribution >= 4 is 45.8 Å². The molecule has 0 bridgehead atoms. The van der Waals surface area contributed by atoms with Gasteiger partial charge in [0, 0.05) is 0 Å². The predicted molar refractivity (Wildman–Crippen MR) is 136 cm³/mol. The fourth-order valence-corrected chi connectivity index (χ4v) is 8.54. The molecule has 0 unspecified atom stereocenters. The number of carbonyl (C=O) groups is 2. The topological polar surface area (TPSA) is 59.0 Å². The Morgan fingerprint density at radius 1 is 0.788 bits per heavy atom. The van der Waals surface area contributed by atoms with Gasteiger partial charge < -0.3 is 4.74 Å². The van der Waals surface area contributed by atoms with Crippen molar-refractivity contribution in [3.63, 3.8) is 0 Å². The zero-order valence-electron chi connectivity index (χ0n) is 19.2. The van der Waals surface area contributed by atoms with Gasteiger partial charge in [-0.25, -0.2) is 4.79 Å². The van der Waals surface area contributed by atoms with E-state index in [0.29, 0.717) is 11.0 Å². The van der Waals surface area contributed by atoms with Crippen LogP contribution < -0.4 is 15.9 Å². The maximum atomic E-state index is 13.9. The Kier molecular flexibility index (Phi) is 6.09. The van der Waals surface area contributed by atoms with E-state index >= 15 is 0 Å². The quantitative estimate of drug-likeness (QED) is 0.550. The lowest BCUT2D eigenvalue weighted by atomic mass is 10.2. The number of hydrazone groups is 1. The molecular weight excluding hydrogens is 431 g/mol. The molecule has 3 aromatic carbocycles. The molecule has 1 heterocycles. The average Bonchev–Trinajstić information content (AvgIpc) is 3.10. The number of hydrogen-bond acceptors (Lipinski definition) is 4. The maximum absolute atomic E-state index is 13.9. The highest BCUT2D eigenvalue weighted by molar-refractivity contribution is 7.97. The van der Waals surface area contributed by atoms with E-state index in [0.717, 1.165) is 20.9 Å². The molecule has 0 N–H and O–H groups in total. The molecule has 1 aliphatic heterocycles. The monoisotopic (exact) mass is 458 g/mol. The molecule has 2 amide bonds. The van der Waals surface area contributed by atoms with Crippen molar-refractivity contribution in [3.05, 3.63) is 91.0 Å². The molecule has 0 fully saturated rings. The van der Waals surface area contributed by atoms with Crippen LogP contribution in [0.3, 0.4) is 0 Å². The summed E-state index contributed by atoms with van der Waals surface area (Å²) in [4.78, 5) is 26.8. The molecule has 0 spiro atoms. The third kappa shape index (κ3) is 4.17. The first-order chi connectivity index (χ1) is 15.7. The summed E-state index contributed by atoms with van der Waals surface area (Å²) < 4.78 is 5.48. The van der Waals surface area contributed by atoms with Gasteiger partial charge in [-0.1, -0.05) is 91.0 Å². The summed E-state index contributed by atoms with van der Waals surface area (Å²) >= 11 is 0. The average molecular weight is 458 g/mol. The molecule has 1 aliphatic rings. The molecule has 0 saturated heterocycles. The fourth-order valence-electron chi connectivity index (χ4n) is 4.10. The molecule has 33 heavy (non-hydrogen) atoms. The van der Waals surface area contributed by atoms with Crippen molar-refractivity contribution in [3.8, 4) is 0 Å². The minimum atomic E-state index is -2.65. The van der Waals surface area contributed by atoms with Crippen molar-refractivity contribution in [2.45, 2.75) is 33.3 Å². The van der Waals surface area contributed by atoms with Gasteiger partial charge in [0.25, 0.3) is 5.91 Å². The summed E-state index contributed by atoms with van der Waals surface area (Å²) in [5.74, 6) is -0.438. The van der Waals surface area contributed by atoms with Gasteiger partial charge in [-0.15, -0.1) is 5.01 Å². The van der Waals surface area contributed by atoms with Crippen LogP contribution in [0.2, 0.25) is 0 Å². The summed E-state index contributed by atoms with van der Waals surface area (Å²) in [5.41, 5.74) is -0.218. The molecule has 6 heteroatoms. The minimum absolute atomic E-state index is 0.438. The van der Waals surface area contributed by atoms with E-state index < -0.39 is 24.5 Å². The number of carbonyl (C=O) groups excluding carboxylic acids is 2. The molecule has 168 valence electrons. The number of amides is 2. The Hall–Kier alpha value is -3.43. The van der Waals surface area contributed by atoms with Crippen LogP contribution in [-0.2, 0) is 9.53 Å². The molecule has 4 rings (SSSR count). The van der Waals surface area contributed by atoms with E-state index in [1.165, 1.54) is 0 Å². The standard InChI is InChI=1S/C27H27N2O3P/c1-20-24(25(30)29(28-20)26(31)32-27(2,3)4)33(21-14-8-5-9-15-21,22-16-10-6-11-17-22)23-18-12-7-13-19-23/h5-19H,1-4H3. The largest absolute Gasteiger partial charge is 0.442 e. The third-order valence-electron chi connectivity index (χ3n) is 5.32. The molecule has 5 nitrogen and oxygen atoms in total. The Morgan fingerprint density at radius 2 is 1.18 bits per heavy atom. The lowest BCUT2D eigenvalue weighted by molar-refractivity contribution is -0.122. The molecule has 0 radical (unpaired) electrons. The van der Waals surface area contributed by atoms with E-state index in [-0.39, 0.29) is 0 Å². The molecule has 0 aromatic heterocycles. The van der Waals surface area contributed by atoms with E-state index in [2.05, 4.69) is 41.5 Å². The number of imide groups is 1. The Morgan fingerprint density at radius 3 is 1.55 bits per heavy atom. The normalized spacial score (nSPS) is 14.3. The summed E-state index contributed by atoms with van der Waals surface area (Å²) in [6, 6.07) is 30.1. The third-order valence-corrected chi connectivity index (χ3v) is 9.72. The minimum Gasteiger partial charge on any atom is -0.442 e. The fraction of sp³-hybridized carbons (Fsp3) is 0.185. The van der Waals surface area contributed by atoms with Crippen molar-refractivity contribution in [1.29, 1.82) is 0 Å². The number of rotatable bonds is 3. The van der Waals surface area contributed by atoms with Crippen LogP contribution in [0.15, 0.2) is 96.1 Å². The molecule has 0 atom stereocenters. The second kappa shape index (κ2) is 8.84. The lowest BCUT2D eigenvalue weighted by Crippen LogP contribution is -2.40.